The van der Waals surface area contributed by atoms with Gasteiger partial charge in [0.1, 0.15) is 0 Å². The van der Waals surface area contributed by atoms with Gasteiger partial charge in [0.25, 0.3) is 0 Å². The molecule has 0 aromatic carbocycles. The van der Waals surface area contributed by atoms with Gasteiger partial charge < -0.3 is 10.2 Å². The van der Waals surface area contributed by atoms with Crippen LogP contribution in [-0.4, -0.2) is 22.2 Å². The highest BCUT2D eigenvalue weighted by Crippen LogP contribution is 2.40. The molecule has 0 radical (unpaired) electrons. The van der Waals surface area contributed by atoms with E-state index in [9.17, 15) is 9.59 Å². The van der Waals surface area contributed by atoms with E-state index in [4.69, 9.17) is 10.2 Å². The summed E-state index contributed by atoms with van der Waals surface area (Å²) in [5, 5.41) is 17.5. The van der Waals surface area contributed by atoms with Gasteiger partial charge in [-0.25, -0.2) is 0 Å². The lowest BCUT2D eigenvalue weighted by Crippen LogP contribution is -2.12. The summed E-state index contributed by atoms with van der Waals surface area (Å²) in [5.74, 6) is -1.61. The van der Waals surface area contributed by atoms with E-state index >= 15 is 0 Å². The van der Waals surface area contributed by atoms with Gasteiger partial charge in [-0.2, -0.15) is 0 Å². The smallest absolute Gasteiger partial charge is 0.306 e. The fraction of sp³-hybridized carbons (Fsp3) is 0.800. The molecule has 1 fully saturated rings. The molecule has 14 heavy (non-hydrogen) atoms. The molecule has 0 aromatic rings. The van der Waals surface area contributed by atoms with Crippen LogP contribution in [0.25, 0.3) is 0 Å². The molecule has 3 atom stereocenters. The minimum Gasteiger partial charge on any atom is -0.481 e. The number of carbonyl (C=O) groups is 2. The molecule has 0 spiro atoms. The Morgan fingerprint density at radius 2 is 1.79 bits per heavy atom. The van der Waals surface area contributed by atoms with Crippen LogP contribution in [0.3, 0.4) is 0 Å². The number of carboxylic acids is 2. The molecule has 1 aliphatic rings. The van der Waals surface area contributed by atoms with Gasteiger partial charge in [0.05, 0.1) is 5.92 Å². The standard InChI is InChI=1S/C10H16O4/c1-2-6-3-8(10(13)14)4-7(6)5-9(11)12/h6-8H,2-5H2,1H3,(H,11,12)(H,13,14). The molecule has 0 bridgehead atoms. The first-order valence-electron chi connectivity index (χ1n) is 4.99. The van der Waals surface area contributed by atoms with Crippen molar-refractivity contribution in [1.82, 2.24) is 0 Å². The van der Waals surface area contributed by atoms with Gasteiger partial charge in [0.2, 0.25) is 0 Å². The van der Waals surface area contributed by atoms with Crippen molar-refractivity contribution in [3.05, 3.63) is 0 Å². The molecular formula is C10H16O4. The maximum atomic E-state index is 10.7. The third kappa shape index (κ3) is 2.47. The van der Waals surface area contributed by atoms with E-state index in [0.717, 1.165) is 6.42 Å². The van der Waals surface area contributed by atoms with Crippen LogP contribution in [0, 0.1) is 17.8 Å². The normalized spacial score (nSPS) is 31.6. The second-order valence-corrected chi connectivity index (χ2v) is 4.03. The third-order valence-corrected chi connectivity index (χ3v) is 3.15. The highest BCUT2D eigenvalue weighted by Gasteiger charge is 2.37. The Morgan fingerprint density at radius 1 is 1.21 bits per heavy atom. The SMILES string of the molecule is CCC1CC(C(=O)O)CC1CC(=O)O. The molecule has 0 heterocycles. The van der Waals surface area contributed by atoms with E-state index in [1.165, 1.54) is 0 Å². The van der Waals surface area contributed by atoms with Gasteiger partial charge in [-0.15, -0.1) is 0 Å². The molecule has 1 saturated carbocycles. The van der Waals surface area contributed by atoms with Gasteiger partial charge in [0, 0.05) is 6.42 Å². The van der Waals surface area contributed by atoms with Crippen LogP contribution in [-0.2, 0) is 9.59 Å². The van der Waals surface area contributed by atoms with E-state index < -0.39 is 11.9 Å². The first-order valence-corrected chi connectivity index (χ1v) is 4.99. The van der Waals surface area contributed by atoms with E-state index in [1.54, 1.807) is 0 Å². The van der Waals surface area contributed by atoms with Crippen LogP contribution in [0.4, 0.5) is 0 Å². The maximum Gasteiger partial charge on any atom is 0.306 e. The summed E-state index contributed by atoms with van der Waals surface area (Å²) in [6, 6.07) is 0. The summed E-state index contributed by atoms with van der Waals surface area (Å²) in [7, 11) is 0. The Balaban J connectivity index is 2.57. The van der Waals surface area contributed by atoms with Gasteiger partial charge >= 0.3 is 11.9 Å². The Kier molecular flexibility index (Phi) is 3.49. The van der Waals surface area contributed by atoms with Crippen molar-refractivity contribution in [1.29, 1.82) is 0 Å². The van der Waals surface area contributed by atoms with E-state index in [0.29, 0.717) is 12.8 Å². The second kappa shape index (κ2) is 4.44. The topological polar surface area (TPSA) is 74.6 Å². The van der Waals surface area contributed by atoms with Crippen LogP contribution >= 0.6 is 0 Å². The average molecular weight is 200 g/mol. The molecule has 0 saturated heterocycles. The van der Waals surface area contributed by atoms with Crippen LogP contribution in [0.1, 0.15) is 32.6 Å². The Hall–Kier alpha value is -1.06. The number of hydrogen-bond donors (Lipinski definition) is 2. The summed E-state index contributed by atoms with van der Waals surface area (Å²) >= 11 is 0. The van der Waals surface area contributed by atoms with Gasteiger partial charge in [-0.3, -0.25) is 9.59 Å². The van der Waals surface area contributed by atoms with Gasteiger partial charge in [0.15, 0.2) is 0 Å². The molecule has 0 amide bonds. The molecule has 0 aliphatic heterocycles. The summed E-state index contributed by atoms with van der Waals surface area (Å²) in [6.45, 7) is 1.99. The predicted octanol–water partition coefficient (Wildman–Crippen LogP) is 1.60. The van der Waals surface area contributed by atoms with Crippen LogP contribution in [0.5, 0.6) is 0 Å². The quantitative estimate of drug-likeness (QED) is 0.722. The number of hydrogen-bond acceptors (Lipinski definition) is 2. The van der Waals surface area contributed by atoms with Gasteiger partial charge in [-0.1, -0.05) is 13.3 Å². The zero-order valence-electron chi connectivity index (χ0n) is 8.27. The highest BCUT2D eigenvalue weighted by atomic mass is 16.4. The van der Waals surface area contributed by atoms with Crippen molar-refractivity contribution in [3.8, 4) is 0 Å². The largest absolute Gasteiger partial charge is 0.481 e. The van der Waals surface area contributed by atoms with Crippen molar-refractivity contribution in [2.45, 2.75) is 32.6 Å². The summed E-state index contributed by atoms with van der Waals surface area (Å²) in [6.07, 6.45) is 2.16. The molecule has 0 aromatic heterocycles. The van der Waals surface area contributed by atoms with Crippen molar-refractivity contribution in [3.63, 3.8) is 0 Å². The molecule has 4 nitrogen and oxygen atoms in total. The Labute approximate surface area is 82.9 Å². The lowest BCUT2D eigenvalue weighted by Gasteiger charge is -2.14. The van der Waals surface area contributed by atoms with Crippen LogP contribution in [0.2, 0.25) is 0 Å². The number of carboxylic acid groups (broad SMARTS) is 2. The number of aliphatic carboxylic acids is 2. The minimum absolute atomic E-state index is 0.0543. The molecule has 2 N–H and O–H groups in total. The molecular weight excluding hydrogens is 184 g/mol. The molecule has 4 heteroatoms. The maximum absolute atomic E-state index is 10.7. The minimum atomic E-state index is -0.820. The zero-order chi connectivity index (χ0) is 10.7. The van der Waals surface area contributed by atoms with Crippen molar-refractivity contribution in [2.24, 2.45) is 17.8 Å². The average Bonchev–Trinajstić information content (AvgIpc) is 2.46. The first-order chi connectivity index (χ1) is 6.54. The third-order valence-electron chi connectivity index (χ3n) is 3.15. The lowest BCUT2D eigenvalue weighted by atomic mass is 9.91. The fourth-order valence-corrected chi connectivity index (χ4v) is 2.39. The Morgan fingerprint density at radius 3 is 2.21 bits per heavy atom. The molecule has 3 unspecified atom stereocenters. The van der Waals surface area contributed by atoms with Gasteiger partial charge in [-0.05, 0) is 24.7 Å². The van der Waals surface area contributed by atoms with E-state index in [-0.39, 0.29) is 24.2 Å². The summed E-state index contributed by atoms with van der Waals surface area (Å²) in [5.41, 5.74) is 0. The Bertz CT molecular complexity index is 236. The monoisotopic (exact) mass is 200 g/mol. The predicted molar refractivity (Wildman–Crippen MR) is 49.9 cm³/mol. The molecule has 80 valence electrons. The zero-order valence-corrected chi connectivity index (χ0v) is 8.27. The van der Waals surface area contributed by atoms with Crippen molar-refractivity contribution in [2.75, 3.05) is 0 Å². The molecule has 1 rings (SSSR count). The van der Waals surface area contributed by atoms with E-state index in [1.807, 2.05) is 6.92 Å². The molecule has 1 aliphatic carbocycles. The van der Waals surface area contributed by atoms with E-state index in [2.05, 4.69) is 0 Å². The van der Waals surface area contributed by atoms with Crippen molar-refractivity contribution < 1.29 is 19.8 Å². The van der Waals surface area contributed by atoms with Crippen LogP contribution < -0.4 is 0 Å². The highest BCUT2D eigenvalue weighted by molar-refractivity contribution is 5.71. The summed E-state index contributed by atoms with van der Waals surface area (Å²) in [4.78, 5) is 21.3. The summed E-state index contributed by atoms with van der Waals surface area (Å²) < 4.78 is 0. The number of rotatable bonds is 4. The second-order valence-electron chi connectivity index (χ2n) is 4.03. The fourth-order valence-electron chi connectivity index (χ4n) is 2.39. The lowest BCUT2D eigenvalue weighted by molar-refractivity contribution is -0.142. The van der Waals surface area contributed by atoms with Crippen molar-refractivity contribution >= 4 is 11.9 Å². The van der Waals surface area contributed by atoms with Crippen LogP contribution in [0.15, 0.2) is 0 Å². The first kappa shape index (κ1) is 11.0.